The van der Waals surface area contributed by atoms with E-state index in [1.54, 1.807) is 51.4 Å². The van der Waals surface area contributed by atoms with Gasteiger partial charge >= 0.3 is 0 Å². The lowest BCUT2D eigenvalue weighted by molar-refractivity contribution is -0.117. The molecule has 0 aromatic rings. The summed E-state index contributed by atoms with van der Waals surface area (Å²) in [7, 11) is 0. The fourth-order valence-corrected chi connectivity index (χ4v) is 9.69. The van der Waals surface area contributed by atoms with E-state index in [0.29, 0.717) is 10.8 Å². The van der Waals surface area contributed by atoms with Crippen LogP contribution in [0.3, 0.4) is 0 Å². The van der Waals surface area contributed by atoms with Gasteiger partial charge in [0.25, 0.3) is 0 Å². The van der Waals surface area contributed by atoms with E-state index in [1.807, 2.05) is 13.8 Å². The maximum atomic E-state index is 2.75. The summed E-state index contributed by atoms with van der Waals surface area (Å²) >= 11 is 0. The van der Waals surface area contributed by atoms with Gasteiger partial charge in [0.2, 0.25) is 0 Å². The van der Waals surface area contributed by atoms with Gasteiger partial charge < -0.3 is 0 Å². The molecular formula is C31H58. The van der Waals surface area contributed by atoms with Crippen LogP contribution in [0.1, 0.15) is 139 Å². The van der Waals surface area contributed by atoms with Crippen molar-refractivity contribution >= 4 is 0 Å². The summed E-state index contributed by atoms with van der Waals surface area (Å²) in [6.45, 7) is 19.3. The molecule has 0 amide bonds. The Labute approximate surface area is 197 Å². The van der Waals surface area contributed by atoms with E-state index in [1.165, 1.54) is 32.1 Å². The summed E-state index contributed by atoms with van der Waals surface area (Å²) in [5, 5.41) is 0. The average molecular weight is 431 g/mol. The zero-order valence-corrected chi connectivity index (χ0v) is 22.8. The molecule has 0 heterocycles. The minimum atomic E-state index is 0.686. The van der Waals surface area contributed by atoms with Crippen molar-refractivity contribution in [2.45, 2.75) is 139 Å². The van der Waals surface area contributed by atoms with Gasteiger partial charge in [-0.15, -0.1) is 0 Å². The lowest BCUT2D eigenvalue weighted by atomic mass is 9.44. The molecule has 0 aromatic carbocycles. The van der Waals surface area contributed by atoms with Gasteiger partial charge in [-0.1, -0.05) is 81.1 Å². The first-order valence-corrected chi connectivity index (χ1v) is 14.8. The standard InChI is InChI=1S/C29H52.C2H6/c1-7-22(20(2)3)9-8-10-23-12-14-26-25-13-11-24-19-21(4)15-17-29(24,6)27(25)16-18-28(23,26)5;1-2/h20-27H,7-19H2,1-6H3;1-2H3. The second-order valence-electron chi connectivity index (χ2n) is 13.2. The van der Waals surface area contributed by atoms with Gasteiger partial charge in [0.15, 0.2) is 0 Å². The number of hydrogen-bond donors (Lipinski definition) is 0. The highest BCUT2D eigenvalue weighted by Crippen LogP contribution is 2.68. The first kappa shape index (κ1) is 25.6. The maximum Gasteiger partial charge on any atom is -0.0266 e. The number of hydrogen-bond acceptors (Lipinski definition) is 0. The van der Waals surface area contributed by atoms with Crippen molar-refractivity contribution < 1.29 is 0 Å². The molecule has 0 aliphatic heterocycles. The van der Waals surface area contributed by atoms with Crippen LogP contribution in [0, 0.1) is 58.2 Å². The van der Waals surface area contributed by atoms with Crippen molar-refractivity contribution in [2.24, 2.45) is 58.2 Å². The molecule has 9 unspecified atom stereocenters. The van der Waals surface area contributed by atoms with E-state index in [0.717, 1.165) is 47.3 Å². The molecule has 0 aromatic heterocycles. The highest BCUT2D eigenvalue weighted by Gasteiger charge is 2.59. The largest absolute Gasteiger partial charge is 0.0683 e. The van der Waals surface area contributed by atoms with Crippen LogP contribution >= 0.6 is 0 Å². The first-order chi connectivity index (χ1) is 14.8. The van der Waals surface area contributed by atoms with E-state index in [-0.39, 0.29) is 0 Å². The molecule has 31 heavy (non-hydrogen) atoms. The maximum absolute atomic E-state index is 2.75. The topological polar surface area (TPSA) is 0 Å². The molecule has 4 aliphatic carbocycles. The van der Waals surface area contributed by atoms with E-state index in [9.17, 15) is 0 Å². The van der Waals surface area contributed by atoms with Crippen molar-refractivity contribution in [3.8, 4) is 0 Å². The third-order valence-electron chi connectivity index (χ3n) is 11.7. The van der Waals surface area contributed by atoms with Crippen LogP contribution in [-0.4, -0.2) is 0 Å². The van der Waals surface area contributed by atoms with E-state index >= 15 is 0 Å². The Bertz CT molecular complexity index is 548. The number of rotatable bonds is 6. The van der Waals surface area contributed by atoms with Gasteiger partial charge in [0.1, 0.15) is 0 Å². The van der Waals surface area contributed by atoms with Crippen LogP contribution in [0.15, 0.2) is 0 Å². The Morgan fingerprint density at radius 2 is 1.52 bits per heavy atom. The van der Waals surface area contributed by atoms with Crippen LogP contribution in [0.4, 0.5) is 0 Å². The number of fused-ring (bicyclic) bond motifs is 5. The molecule has 0 radical (unpaired) electrons. The Kier molecular flexibility index (Phi) is 8.68. The fraction of sp³-hybridized carbons (Fsp3) is 1.00. The van der Waals surface area contributed by atoms with Gasteiger partial charge in [-0.05, 0) is 116 Å². The van der Waals surface area contributed by atoms with Crippen molar-refractivity contribution in [3.05, 3.63) is 0 Å². The monoisotopic (exact) mass is 430 g/mol. The van der Waals surface area contributed by atoms with Crippen molar-refractivity contribution in [1.82, 2.24) is 0 Å². The van der Waals surface area contributed by atoms with E-state index < -0.39 is 0 Å². The summed E-state index contributed by atoms with van der Waals surface area (Å²) < 4.78 is 0. The molecule has 0 saturated heterocycles. The average Bonchev–Trinajstić information content (AvgIpc) is 3.09. The third-order valence-corrected chi connectivity index (χ3v) is 11.7. The summed E-state index contributed by atoms with van der Waals surface area (Å²) in [6.07, 6.45) is 19.9. The van der Waals surface area contributed by atoms with Gasteiger partial charge in [-0.2, -0.15) is 0 Å². The first-order valence-electron chi connectivity index (χ1n) is 14.8. The lowest BCUT2D eigenvalue weighted by Gasteiger charge is -2.61. The quantitative estimate of drug-likeness (QED) is 0.393. The highest BCUT2D eigenvalue weighted by molar-refractivity contribution is 5.09. The molecule has 0 spiro atoms. The van der Waals surface area contributed by atoms with Crippen LogP contribution in [-0.2, 0) is 0 Å². The molecular weight excluding hydrogens is 372 g/mol. The van der Waals surface area contributed by atoms with Gasteiger partial charge in [-0.25, -0.2) is 0 Å². The second-order valence-corrected chi connectivity index (χ2v) is 13.2. The molecule has 4 fully saturated rings. The molecule has 0 N–H and O–H groups in total. The fourth-order valence-electron chi connectivity index (χ4n) is 9.69. The SMILES string of the molecule is CC.CCC(CCCC1CCC2C3CCC4CC(C)CCC4(C)C3CCC12C)C(C)C. The smallest absolute Gasteiger partial charge is 0.0266 e. The van der Waals surface area contributed by atoms with Crippen molar-refractivity contribution in [1.29, 1.82) is 0 Å². The van der Waals surface area contributed by atoms with Crippen LogP contribution in [0.5, 0.6) is 0 Å². The van der Waals surface area contributed by atoms with E-state index in [2.05, 4.69) is 41.5 Å². The second kappa shape index (κ2) is 10.5. The predicted molar refractivity (Wildman–Crippen MR) is 138 cm³/mol. The van der Waals surface area contributed by atoms with Gasteiger partial charge in [0.05, 0.1) is 0 Å². The minimum Gasteiger partial charge on any atom is -0.0683 e. The highest BCUT2D eigenvalue weighted by atomic mass is 14.6. The van der Waals surface area contributed by atoms with Gasteiger partial charge in [0, 0.05) is 0 Å². The molecule has 0 bridgehead atoms. The normalized spacial score (nSPS) is 45.2. The minimum absolute atomic E-state index is 0.686. The lowest BCUT2D eigenvalue weighted by Crippen LogP contribution is -2.53. The van der Waals surface area contributed by atoms with Crippen LogP contribution < -0.4 is 0 Å². The summed E-state index contributed by atoms with van der Waals surface area (Å²) in [6, 6.07) is 0. The molecule has 4 rings (SSSR count). The molecule has 9 atom stereocenters. The van der Waals surface area contributed by atoms with E-state index in [4.69, 9.17) is 0 Å². The van der Waals surface area contributed by atoms with Crippen LogP contribution in [0.25, 0.3) is 0 Å². The molecule has 4 saturated carbocycles. The zero-order valence-electron chi connectivity index (χ0n) is 22.8. The Morgan fingerprint density at radius 3 is 2.19 bits per heavy atom. The predicted octanol–water partition coefficient (Wildman–Crippen LogP) is 10.2. The molecule has 0 heteroatoms. The van der Waals surface area contributed by atoms with Crippen molar-refractivity contribution in [3.63, 3.8) is 0 Å². The molecule has 4 aliphatic rings. The summed E-state index contributed by atoms with van der Waals surface area (Å²) in [4.78, 5) is 0. The van der Waals surface area contributed by atoms with Gasteiger partial charge in [-0.3, -0.25) is 0 Å². The molecule has 0 nitrogen and oxygen atoms in total. The zero-order chi connectivity index (χ0) is 22.8. The summed E-state index contributed by atoms with van der Waals surface area (Å²) in [5.41, 5.74) is 1.38. The molecule has 182 valence electrons. The van der Waals surface area contributed by atoms with Crippen molar-refractivity contribution in [2.75, 3.05) is 0 Å². The van der Waals surface area contributed by atoms with Crippen LogP contribution in [0.2, 0.25) is 0 Å². The third kappa shape index (κ3) is 4.80. The Hall–Kier alpha value is 0. The summed E-state index contributed by atoms with van der Waals surface area (Å²) in [5.74, 6) is 8.12. The Morgan fingerprint density at radius 1 is 0.839 bits per heavy atom. The Balaban J connectivity index is 0.00000132.